The SMILES string of the molecule is CC(=O)N1CCCC(NCC(C)(C)C)C1. The van der Waals surface area contributed by atoms with E-state index < -0.39 is 0 Å². The van der Waals surface area contributed by atoms with E-state index >= 15 is 0 Å². The lowest BCUT2D eigenvalue weighted by Crippen LogP contribution is -2.49. The predicted octanol–water partition coefficient (Wildman–Crippen LogP) is 1.63. The molecule has 0 aliphatic carbocycles. The van der Waals surface area contributed by atoms with E-state index in [9.17, 15) is 4.79 Å². The molecule has 3 heteroatoms. The largest absolute Gasteiger partial charge is 0.341 e. The van der Waals surface area contributed by atoms with Crippen molar-refractivity contribution in [1.29, 1.82) is 0 Å². The van der Waals surface area contributed by atoms with Gasteiger partial charge in [-0.15, -0.1) is 0 Å². The molecule has 1 fully saturated rings. The second kappa shape index (κ2) is 4.97. The minimum absolute atomic E-state index is 0.206. The molecule has 15 heavy (non-hydrogen) atoms. The zero-order valence-electron chi connectivity index (χ0n) is 10.5. The standard InChI is InChI=1S/C12H24N2O/c1-10(15)14-7-5-6-11(8-14)13-9-12(2,3)4/h11,13H,5-9H2,1-4H3. The Morgan fingerprint density at radius 1 is 1.47 bits per heavy atom. The van der Waals surface area contributed by atoms with Gasteiger partial charge < -0.3 is 10.2 Å². The van der Waals surface area contributed by atoms with Crippen molar-refractivity contribution < 1.29 is 4.79 Å². The quantitative estimate of drug-likeness (QED) is 0.754. The molecule has 0 aromatic heterocycles. The number of likely N-dealkylation sites (tertiary alicyclic amines) is 1. The van der Waals surface area contributed by atoms with Crippen LogP contribution in [0.25, 0.3) is 0 Å². The number of hydrogen-bond donors (Lipinski definition) is 1. The summed E-state index contributed by atoms with van der Waals surface area (Å²) in [5.41, 5.74) is 0.318. The van der Waals surface area contributed by atoms with E-state index in [0.717, 1.165) is 26.1 Å². The Morgan fingerprint density at radius 2 is 2.13 bits per heavy atom. The molecule has 3 nitrogen and oxygen atoms in total. The molecule has 0 aromatic rings. The van der Waals surface area contributed by atoms with Gasteiger partial charge in [-0.1, -0.05) is 20.8 Å². The Bertz CT molecular complexity index is 220. The Balaban J connectivity index is 2.34. The molecule has 1 aliphatic heterocycles. The molecule has 1 unspecified atom stereocenters. The number of hydrogen-bond acceptors (Lipinski definition) is 2. The van der Waals surface area contributed by atoms with Crippen LogP contribution in [0.15, 0.2) is 0 Å². The fraction of sp³-hybridized carbons (Fsp3) is 0.917. The van der Waals surface area contributed by atoms with E-state index in [4.69, 9.17) is 0 Å². The zero-order valence-corrected chi connectivity index (χ0v) is 10.5. The topological polar surface area (TPSA) is 32.3 Å². The highest BCUT2D eigenvalue weighted by atomic mass is 16.2. The molecule has 0 aromatic carbocycles. The minimum atomic E-state index is 0.206. The van der Waals surface area contributed by atoms with Crippen LogP contribution in [0.2, 0.25) is 0 Å². The van der Waals surface area contributed by atoms with Gasteiger partial charge in [0.2, 0.25) is 5.91 Å². The van der Waals surface area contributed by atoms with Gasteiger partial charge in [-0.3, -0.25) is 4.79 Å². The fourth-order valence-electron chi connectivity index (χ4n) is 1.88. The van der Waals surface area contributed by atoms with Crippen LogP contribution >= 0.6 is 0 Å². The first-order chi connectivity index (χ1) is 6.88. The minimum Gasteiger partial charge on any atom is -0.341 e. The maximum absolute atomic E-state index is 11.2. The van der Waals surface area contributed by atoms with Gasteiger partial charge in [0, 0.05) is 32.6 Å². The lowest BCUT2D eigenvalue weighted by Gasteiger charge is -2.34. The number of nitrogens with zero attached hydrogens (tertiary/aromatic N) is 1. The molecule has 1 rings (SSSR count). The third-order valence-electron chi connectivity index (χ3n) is 2.79. The maximum Gasteiger partial charge on any atom is 0.219 e. The third-order valence-corrected chi connectivity index (χ3v) is 2.79. The Morgan fingerprint density at radius 3 is 2.67 bits per heavy atom. The summed E-state index contributed by atoms with van der Waals surface area (Å²) >= 11 is 0. The molecule has 0 bridgehead atoms. The summed E-state index contributed by atoms with van der Waals surface area (Å²) in [5.74, 6) is 0.206. The van der Waals surface area contributed by atoms with E-state index in [1.807, 2.05) is 4.90 Å². The van der Waals surface area contributed by atoms with E-state index in [-0.39, 0.29) is 5.91 Å². The molecule has 0 spiro atoms. The highest BCUT2D eigenvalue weighted by molar-refractivity contribution is 5.73. The van der Waals surface area contributed by atoms with Gasteiger partial charge in [-0.05, 0) is 18.3 Å². The number of carbonyl (C=O) groups excluding carboxylic acids is 1. The Kier molecular flexibility index (Phi) is 4.14. The molecule has 1 N–H and O–H groups in total. The van der Waals surface area contributed by atoms with Crippen LogP contribution in [-0.2, 0) is 4.79 Å². The number of carbonyl (C=O) groups is 1. The number of nitrogens with one attached hydrogen (secondary N) is 1. The van der Waals surface area contributed by atoms with E-state index in [2.05, 4.69) is 26.1 Å². The second-order valence-electron chi connectivity index (χ2n) is 5.75. The van der Waals surface area contributed by atoms with Gasteiger partial charge in [-0.2, -0.15) is 0 Å². The summed E-state index contributed by atoms with van der Waals surface area (Å²) in [6.07, 6.45) is 2.32. The second-order valence-corrected chi connectivity index (χ2v) is 5.75. The number of piperidine rings is 1. The zero-order chi connectivity index (χ0) is 11.5. The van der Waals surface area contributed by atoms with Crippen molar-refractivity contribution in [3.63, 3.8) is 0 Å². The van der Waals surface area contributed by atoms with Crippen LogP contribution < -0.4 is 5.32 Å². The van der Waals surface area contributed by atoms with Gasteiger partial charge >= 0.3 is 0 Å². The first-order valence-electron chi connectivity index (χ1n) is 5.87. The highest BCUT2D eigenvalue weighted by Gasteiger charge is 2.22. The molecule has 88 valence electrons. The molecule has 1 amide bonds. The lowest BCUT2D eigenvalue weighted by atomic mass is 9.95. The number of rotatable bonds is 2. The molecule has 0 radical (unpaired) electrons. The Hall–Kier alpha value is -0.570. The first kappa shape index (κ1) is 12.5. The summed E-state index contributed by atoms with van der Waals surface area (Å²) in [6, 6.07) is 0.488. The van der Waals surface area contributed by atoms with Gasteiger partial charge in [0.25, 0.3) is 0 Å². The predicted molar refractivity (Wildman–Crippen MR) is 62.7 cm³/mol. The molecular weight excluding hydrogens is 188 g/mol. The first-order valence-corrected chi connectivity index (χ1v) is 5.87. The normalized spacial score (nSPS) is 22.9. The average Bonchev–Trinajstić information content (AvgIpc) is 2.14. The molecule has 0 saturated carbocycles. The van der Waals surface area contributed by atoms with Crippen molar-refractivity contribution in [2.75, 3.05) is 19.6 Å². The van der Waals surface area contributed by atoms with Crippen LogP contribution in [0, 0.1) is 5.41 Å². The van der Waals surface area contributed by atoms with E-state index in [1.54, 1.807) is 6.92 Å². The van der Waals surface area contributed by atoms with Crippen LogP contribution in [0.1, 0.15) is 40.5 Å². The van der Waals surface area contributed by atoms with E-state index in [0.29, 0.717) is 11.5 Å². The van der Waals surface area contributed by atoms with Gasteiger partial charge in [0.1, 0.15) is 0 Å². The summed E-state index contributed by atoms with van der Waals surface area (Å²) in [4.78, 5) is 13.2. The van der Waals surface area contributed by atoms with Crippen LogP contribution in [-0.4, -0.2) is 36.5 Å². The van der Waals surface area contributed by atoms with Gasteiger partial charge in [-0.25, -0.2) is 0 Å². The van der Waals surface area contributed by atoms with Crippen LogP contribution in [0.3, 0.4) is 0 Å². The van der Waals surface area contributed by atoms with Crippen molar-refractivity contribution in [3.8, 4) is 0 Å². The molecule has 1 saturated heterocycles. The average molecular weight is 212 g/mol. The van der Waals surface area contributed by atoms with Crippen molar-refractivity contribution in [3.05, 3.63) is 0 Å². The van der Waals surface area contributed by atoms with Crippen molar-refractivity contribution in [1.82, 2.24) is 10.2 Å². The summed E-state index contributed by atoms with van der Waals surface area (Å²) in [6.45, 7) is 11.2. The maximum atomic E-state index is 11.2. The molecule has 1 atom stereocenters. The van der Waals surface area contributed by atoms with Crippen molar-refractivity contribution >= 4 is 5.91 Å². The monoisotopic (exact) mass is 212 g/mol. The van der Waals surface area contributed by atoms with Crippen LogP contribution in [0.4, 0.5) is 0 Å². The van der Waals surface area contributed by atoms with Crippen molar-refractivity contribution in [2.24, 2.45) is 5.41 Å². The van der Waals surface area contributed by atoms with Gasteiger partial charge in [0.15, 0.2) is 0 Å². The summed E-state index contributed by atoms with van der Waals surface area (Å²) in [5, 5.41) is 3.55. The number of amides is 1. The van der Waals surface area contributed by atoms with E-state index in [1.165, 1.54) is 6.42 Å². The smallest absolute Gasteiger partial charge is 0.219 e. The fourth-order valence-corrected chi connectivity index (χ4v) is 1.88. The molecule has 1 heterocycles. The Labute approximate surface area is 93.2 Å². The molecular formula is C12H24N2O. The lowest BCUT2D eigenvalue weighted by molar-refractivity contribution is -0.130. The highest BCUT2D eigenvalue weighted by Crippen LogP contribution is 2.14. The summed E-state index contributed by atoms with van der Waals surface area (Å²) < 4.78 is 0. The van der Waals surface area contributed by atoms with Crippen LogP contribution in [0.5, 0.6) is 0 Å². The van der Waals surface area contributed by atoms with Gasteiger partial charge in [0.05, 0.1) is 0 Å². The van der Waals surface area contributed by atoms with Crippen molar-refractivity contribution in [2.45, 2.75) is 46.6 Å². The summed E-state index contributed by atoms with van der Waals surface area (Å²) in [7, 11) is 0. The molecule has 1 aliphatic rings. The third kappa shape index (κ3) is 4.65.